The number of hydrogen-bond donors (Lipinski definition) is 2. The zero-order chi connectivity index (χ0) is 18.2. The highest BCUT2D eigenvalue weighted by Gasteiger charge is 2.20. The van der Waals surface area contributed by atoms with Gasteiger partial charge in [0, 0.05) is 18.9 Å². The maximum atomic E-state index is 6.20. The largest absolute Gasteiger partial charge is 0.497 e. The molecular weight excluding hydrogens is 326 g/mol. The Balaban J connectivity index is 1.72. The number of nitrogens with one attached hydrogen (secondary N) is 1. The quantitative estimate of drug-likeness (QED) is 0.609. The highest BCUT2D eigenvalue weighted by molar-refractivity contribution is 5.92. The molecule has 5 heteroatoms. The molecule has 2 aromatic carbocycles. The first-order valence-corrected chi connectivity index (χ1v) is 9.11. The van der Waals surface area contributed by atoms with Crippen molar-refractivity contribution in [2.24, 2.45) is 16.6 Å². The number of benzene rings is 2. The molecule has 1 heterocycles. The highest BCUT2D eigenvalue weighted by atomic mass is 16.5. The van der Waals surface area contributed by atoms with Crippen molar-refractivity contribution in [2.75, 3.05) is 25.6 Å². The lowest BCUT2D eigenvalue weighted by atomic mass is 9.90. The Kier molecular flexibility index (Phi) is 6.50. The van der Waals surface area contributed by atoms with Crippen LogP contribution < -0.4 is 15.8 Å². The van der Waals surface area contributed by atoms with Crippen molar-refractivity contribution in [2.45, 2.75) is 25.3 Å². The van der Waals surface area contributed by atoms with Gasteiger partial charge in [0.25, 0.3) is 0 Å². The molecule has 3 N–H and O–H groups in total. The van der Waals surface area contributed by atoms with Crippen molar-refractivity contribution in [1.82, 2.24) is 0 Å². The average molecular weight is 353 g/mol. The van der Waals surface area contributed by atoms with Crippen LogP contribution in [0.4, 0.5) is 5.69 Å². The third kappa shape index (κ3) is 5.23. The molecule has 1 saturated heterocycles. The number of hydrogen-bond acceptors (Lipinski definition) is 3. The summed E-state index contributed by atoms with van der Waals surface area (Å²) in [4.78, 5) is 4.79. The van der Waals surface area contributed by atoms with Crippen molar-refractivity contribution in [3.8, 4) is 5.75 Å². The van der Waals surface area contributed by atoms with Crippen molar-refractivity contribution < 1.29 is 9.47 Å². The summed E-state index contributed by atoms with van der Waals surface area (Å²) in [6.07, 6.45) is 3.16. The van der Waals surface area contributed by atoms with Gasteiger partial charge in [0.05, 0.1) is 13.2 Å². The number of ether oxygens (including phenoxy) is 2. The Morgan fingerprint density at radius 3 is 2.50 bits per heavy atom. The first kappa shape index (κ1) is 18.3. The van der Waals surface area contributed by atoms with E-state index in [2.05, 4.69) is 29.6 Å². The van der Waals surface area contributed by atoms with Crippen molar-refractivity contribution in [3.63, 3.8) is 0 Å². The van der Waals surface area contributed by atoms with Crippen LogP contribution in [0, 0.1) is 5.92 Å². The molecule has 1 fully saturated rings. The normalized spacial score (nSPS) is 16.9. The number of anilines is 1. The smallest absolute Gasteiger partial charge is 0.193 e. The summed E-state index contributed by atoms with van der Waals surface area (Å²) in [5.41, 5.74) is 8.29. The molecule has 138 valence electrons. The molecule has 0 spiro atoms. The fourth-order valence-electron chi connectivity index (χ4n) is 3.26. The lowest BCUT2D eigenvalue weighted by molar-refractivity contribution is 0.0619. The molecule has 0 amide bonds. The second-order valence-corrected chi connectivity index (χ2v) is 6.59. The highest BCUT2D eigenvalue weighted by Crippen LogP contribution is 2.30. The molecule has 1 atom stereocenters. The second kappa shape index (κ2) is 9.25. The van der Waals surface area contributed by atoms with Gasteiger partial charge < -0.3 is 20.5 Å². The fourth-order valence-corrected chi connectivity index (χ4v) is 3.26. The Hall–Kier alpha value is -2.53. The van der Waals surface area contributed by atoms with Gasteiger partial charge in [0.2, 0.25) is 0 Å². The molecule has 0 radical (unpaired) electrons. The fraction of sp³-hybridized carbons (Fsp3) is 0.381. The van der Waals surface area contributed by atoms with Crippen molar-refractivity contribution >= 4 is 11.6 Å². The van der Waals surface area contributed by atoms with Crippen LogP contribution in [0.1, 0.15) is 30.9 Å². The predicted molar refractivity (Wildman–Crippen MR) is 106 cm³/mol. The van der Waals surface area contributed by atoms with Crippen LogP contribution in [0.3, 0.4) is 0 Å². The molecule has 1 aliphatic rings. The van der Waals surface area contributed by atoms with Crippen LogP contribution in [0.15, 0.2) is 59.6 Å². The lowest BCUT2D eigenvalue weighted by Gasteiger charge is -2.25. The van der Waals surface area contributed by atoms with Crippen LogP contribution in [0.25, 0.3) is 0 Å². The van der Waals surface area contributed by atoms with Gasteiger partial charge in [0.1, 0.15) is 5.75 Å². The van der Waals surface area contributed by atoms with E-state index in [4.69, 9.17) is 20.2 Å². The maximum Gasteiger partial charge on any atom is 0.193 e. The lowest BCUT2D eigenvalue weighted by Crippen LogP contribution is -2.24. The number of rotatable bonds is 6. The van der Waals surface area contributed by atoms with Gasteiger partial charge in [-0.25, -0.2) is 4.99 Å². The second-order valence-electron chi connectivity index (χ2n) is 6.59. The van der Waals surface area contributed by atoms with Gasteiger partial charge in [-0.05, 0) is 55.0 Å². The predicted octanol–water partition coefficient (Wildman–Crippen LogP) is 3.98. The SMILES string of the molecule is COc1ccc(NC(N)=NC(CC2CCOCC2)c2ccccc2)cc1. The summed E-state index contributed by atoms with van der Waals surface area (Å²) in [6.45, 7) is 1.69. The summed E-state index contributed by atoms with van der Waals surface area (Å²) in [7, 11) is 1.65. The topological polar surface area (TPSA) is 68.9 Å². The van der Waals surface area contributed by atoms with E-state index in [-0.39, 0.29) is 6.04 Å². The van der Waals surface area contributed by atoms with Gasteiger partial charge in [-0.3, -0.25) is 0 Å². The van der Waals surface area contributed by atoms with Crippen LogP contribution in [0.2, 0.25) is 0 Å². The molecule has 3 rings (SSSR count). The Morgan fingerprint density at radius 1 is 1.15 bits per heavy atom. The first-order chi connectivity index (χ1) is 12.7. The van der Waals surface area contributed by atoms with E-state index in [1.807, 2.05) is 30.3 Å². The minimum absolute atomic E-state index is 0.0463. The number of nitrogens with two attached hydrogens (primary N) is 1. The van der Waals surface area contributed by atoms with E-state index in [1.165, 1.54) is 5.56 Å². The maximum absolute atomic E-state index is 6.20. The van der Waals surface area contributed by atoms with E-state index in [9.17, 15) is 0 Å². The van der Waals surface area contributed by atoms with Crippen LogP contribution >= 0.6 is 0 Å². The average Bonchev–Trinajstić information content (AvgIpc) is 2.69. The zero-order valence-corrected chi connectivity index (χ0v) is 15.2. The third-order valence-electron chi connectivity index (χ3n) is 4.74. The number of nitrogens with zero attached hydrogens (tertiary/aromatic N) is 1. The Morgan fingerprint density at radius 2 is 1.85 bits per heavy atom. The van der Waals surface area contributed by atoms with E-state index < -0.39 is 0 Å². The minimum Gasteiger partial charge on any atom is -0.497 e. The minimum atomic E-state index is 0.0463. The molecule has 0 saturated carbocycles. The van der Waals surface area contributed by atoms with Crippen molar-refractivity contribution in [3.05, 3.63) is 60.2 Å². The molecule has 26 heavy (non-hydrogen) atoms. The van der Waals surface area contributed by atoms with Crippen LogP contribution in [-0.4, -0.2) is 26.3 Å². The van der Waals surface area contributed by atoms with Gasteiger partial charge in [-0.2, -0.15) is 0 Å². The summed E-state index contributed by atoms with van der Waals surface area (Å²) in [6, 6.07) is 18.1. The molecule has 0 aliphatic carbocycles. The first-order valence-electron chi connectivity index (χ1n) is 9.11. The number of methoxy groups -OCH3 is 1. The van der Waals surface area contributed by atoms with E-state index in [0.717, 1.165) is 43.9 Å². The summed E-state index contributed by atoms with van der Waals surface area (Å²) in [5, 5.41) is 3.18. The monoisotopic (exact) mass is 353 g/mol. The Bertz CT molecular complexity index is 695. The standard InChI is InChI=1S/C21H27N3O2/c1-25-19-9-7-18(8-10-19)23-21(22)24-20(17-5-3-2-4-6-17)15-16-11-13-26-14-12-16/h2-10,16,20H,11-15H2,1H3,(H3,22,23,24). The Labute approximate surface area is 155 Å². The molecule has 2 aromatic rings. The molecule has 0 aromatic heterocycles. The van der Waals surface area contributed by atoms with Gasteiger partial charge in [-0.15, -0.1) is 0 Å². The van der Waals surface area contributed by atoms with Gasteiger partial charge in [-0.1, -0.05) is 30.3 Å². The molecule has 5 nitrogen and oxygen atoms in total. The number of aliphatic imine (C=N–C) groups is 1. The van der Waals surface area contributed by atoms with E-state index >= 15 is 0 Å². The summed E-state index contributed by atoms with van der Waals surface area (Å²) >= 11 is 0. The van der Waals surface area contributed by atoms with E-state index in [0.29, 0.717) is 11.9 Å². The molecule has 1 unspecified atom stereocenters. The van der Waals surface area contributed by atoms with Crippen LogP contribution in [-0.2, 0) is 4.74 Å². The van der Waals surface area contributed by atoms with Gasteiger partial charge >= 0.3 is 0 Å². The summed E-state index contributed by atoms with van der Waals surface area (Å²) < 4.78 is 10.7. The van der Waals surface area contributed by atoms with Gasteiger partial charge in [0.15, 0.2) is 5.96 Å². The number of guanidine groups is 1. The summed E-state index contributed by atoms with van der Waals surface area (Å²) in [5.74, 6) is 1.86. The van der Waals surface area contributed by atoms with Crippen molar-refractivity contribution in [1.29, 1.82) is 0 Å². The molecular formula is C21H27N3O2. The zero-order valence-electron chi connectivity index (χ0n) is 15.2. The molecule has 0 bridgehead atoms. The third-order valence-corrected chi connectivity index (χ3v) is 4.74. The molecule has 1 aliphatic heterocycles. The van der Waals surface area contributed by atoms with Crippen LogP contribution in [0.5, 0.6) is 5.75 Å². The van der Waals surface area contributed by atoms with E-state index in [1.54, 1.807) is 7.11 Å².